The van der Waals surface area contributed by atoms with Gasteiger partial charge in [0, 0.05) is 19.4 Å². The van der Waals surface area contributed by atoms with Crippen LogP contribution >= 0.6 is 7.82 Å². The Bertz CT molecular complexity index is 1060. The maximum atomic E-state index is 12.5. The molecule has 0 spiro atoms. The van der Waals surface area contributed by atoms with Crippen molar-refractivity contribution in [2.75, 3.05) is 26.4 Å². The molecule has 0 amide bonds. The van der Waals surface area contributed by atoms with Crippen LogP contribution in [0.15, 0.2) is 60.8 Å². The van der Waals surface area contributed by atoms with Crippen LogP contribution in [0.4, 0.5) is 0 Å². The monoisotopic (exact) mass is 753 g/mol. The molecule has 0 aromatic heterocycles. The van der Waals surface area contributed by atoms with Crippen LogP contribution in [0.1, 0.15) is 149 Å². The van der Waals surface area contributed by atoms with Crippen LogP contribution in [-0.4, -0.2) is 60.5 Å². The van der Waals surface area contributed by atoms with Gasteiger partial charge in [-0.05, 0) is 70.6 Å². The van der Waals surface area contributed by atoms with Crippen LogP contribution in [0.5, 0.6) is 0 Å². The van der Waals surface area contributed by atoms with E-state index in [0.29, 0.717) is 19.3 Å². The van der Waals surface area contributed by atoms with Gasteiger partial charge in [0.2, 0.25) is 0 Å². The maximum absolute atomic E-state index is 12.5. The predicted octanol–water partition coefficient (Wildman–Crippen LogP) is 9.91. The highest BCUT2D eigenvalue weighted by Crippen LogP contribution is 2.43. The van der Waals surface area contributed by atoms with Gasteiger partial charge in [0.05, 0.1) is 19.3 Å². The number of esters is 2. The fourth-order valence-corrected chi connectivity index (χ4v) is 5.76. The maximum Gasteiger partial charge on any atom is 0.472 e. The standard InChI is InChI=1S/C41H72NO9P/c1-3-5-7-8-9-10-11-12-13-14-15-18-21-24-28-32-40(44)48-36-39(37-50-52(46,47)49-35-34-42)51-41(45)33-29-25-22-19-16-17-20-23-27-31-38(43)30-26-6-4-2/h6,9-10,12-13,20,23,26-27,31,38-39,43H,3-5,7-8,11,14-19,21-22,24-25,28-30,32-37,42H2,1-2H3,(H,46,47)/b10-9-,13-12-,23-20+,26-6+,31-27+/t38?,39-/m1/s1. The third kappa shape index (κ3) is 36.0. The van der Waals surface area contributed by atoms with Crippen LogP contribution in [0, 0.1) is 0 Å². The topological polar surface area (TPSA) is 155 Å². The van der Waals surface area contributed by atoms with Crippen LogP contribution in [0.2, 0.25) is 0 Å². The van der Waals surface area contributed by atoms with Crippen molar-refractivity contribution in [2.24, 2.45) is 5.73 Å². The smallest absolute Gasteiger partial charge is 0.462 e. The highest BCUT2D eigenvalue weighted by molar-refractivity contribution is 7.47. The van der Waals surface area contributed by atoms with Crippen LogP contribution in [-0.2, 0) is 32.7 Å². The molecule has 300 valence electrons. The molecule has 11 heteroatoms. The number of hydrogen-bond acceptors (Lipinski definition) is 9. The van der Waals surface area contributed by atoms with Gasteiger partial charge in [-0.1, -0.05) is 126 Å². The molecule has 52 heavy (non-hydrogen) atoms. The first kappa shape index (κ1) is 49.7. The average Bonchev–Trinajstić information content (AvgIpc) is 3.12. The van der Waals surface area contributed by atoms with Crippen molar-refractivity contribution in [3.05, 3.63) is 60.8 Å². The number of carbonyl (C=O) groups excluding carboxylic acids is 2. The van der Waals surface area contributed by atoms with Crippen LogP contribution in [0.3, 0.4) is 0 Å². The van der Waals surface area contributed by atoms with E-state index in [4.69, 9.17) is 24.3 Å². The second kappa shape index (κ2) is 37.0. The third-order valence-corrected chi connectivity index (χ3v) is 8.95. The molecular formula is C41H72NO9P. The summed E-state index contributed by atoms with van der Waals surface area (Å²) >= 11 is 0. The van der Waals surface area contributed by atoms with E-state index < -0.39 is 38.6 Å². The number of rotatable bonds is 36. The largest absolute Gasteiger partial charge is 0.472 e. The number of aliphatic hydroxyl groups is 1. The van der Waals surface area contributed by atoms with Gasteiger partial charge >= 0.3 is 19.8 Å². The highest BCUT2D eigenvalue weighted by atomic mass is 31.2. The van der Waals surface area contributed by atoms with E-state index in [9.17, 15) is 24.2 Å². The van der Waals surface area contributed by atoms with Gasteiger partial charge in [-0.3, -0.25) is 18.6 Å². The van der Waals surface area contributed by atoms with Crippen LogP contribution < -0.4 is 5.73 Å². The molecule has 0 aromatic rings. The molecule has 0 aromatic carbocycles. The summed E-state index contributed by atoms with van der Waals surface area (Å²) < 4.78 is 32.6. The molecular weight excluding hydrogens is 681 g/mol. The molecule has 0 saturated heterocycles. The zero-order valence-electron chi connectivity index (χ0n) is 32.4. The SMILES string of the molecule is CC/C=C/CC(O)/C=C/C=C/CCCCCCCC(=O)O[C@H](COC(=O)CCCCCCC/C=C\C/C=C\CCCCC)COP(=O)(O)OCCN. The fourth-order valence-electron chi connectivity index (χ4n) is 4.99. The quantitative estimate of drug-likeness (QED) is 0.0185. The summed E-state index contributed by atoms with van der Waals surface area (Å²) in [6.07, 6.45) is 38.6. The molecule has 0 aliphatic rings. The molecule has 4 N–H and O–H groups in total. The molecule has 3 atom stereocenters. The number of allylic oxidation sites excluding steroid dienone is 8. The number of ether oxygens (including phenoxy) is 2. The highest BCUT2D eigenvalue weighted by Gasteiger charge is 2.26. The van der Waals surface area contributed by atoms with Gasteiger partial charge in [0.1, 0.15) is 6.61 Å². The lowest BCUT2D eigenvalue weighted by Crippen LogP contribution is -2.29. The van der Waals surface area contributed by atoms with Crippen molar-refractivity contribution in [3.8, 4) is 0 Å². The van der Waals surface area contributed by atoms with Gasteiger partial charge in [-0.25, -0.2) is 4.57 Å². The lowest BCUT2D eigenvalue weighted by Gasteiger charge is -2.19. The Morgan fingerprint density at radius 1 is 0.692 bits per heavy atom. The van der Waals surface area contributed by atoms with Gasteiger partial charge in [-0.2, -0.15) is 0 Å². The summed E-state index contributed by atoms with van der Waals surface area (Å²) in [6, 6.07) is 0. The van der Waals surface area contributed by atoms with E-state index in [1.54, 1.807) is 6.08 Å². The van der Waals surface area contributed by atoms with Crippen molar-refractivity contribution >= 4 is 19.8 Å². The summed E-state index contributed by atoms with van der Waals surface area (Å²) in [5.41, 5.74) is 5.33. The average molecular weight is 754 g/mol. The molecule has 0 rings (SSSR count). The Morgan fingerprint density at radius 2 is 1.29 bits per heavy atom. The molecule has 2 unspecified atom stereocenters. The number of hydrogen-bond donors (Lipinski definition) is 3. The molecule has 0 bridgehead atoms. The van der Waals surface area contributed by atoms with Crippen LogP contribution in [0.25, 0.3) is 0 Å². The summed E-state index contributed by atoms with van der Waals surface area (Å²) in [6.45, 7) is 3.41. The van der Waals surface area contributed by atoms with E-state index >= 15 is 0 Å². The Balaban J connectivity index is 4.31. The molecule has 10 nitrogen and oxygen atoms in total. The molecule has 0 radical (unpaired) electrons. The number of nitrogens with two attached hydrogens (primary N) is 1. The second-order valence-corrected chi connectivity index (χ2v) is 14.4. The zero-order valence-corrected chi connectivity index (χ0v) is 33.3. The van der Waals surface area contributed by atoms with E-state index in [-0.39, 0.29) is 32.6 Å². The number of unbranched alkanes of at least 4 members (excludes halogenated alkanes) is 13. The minimum Gasteiger partial charge on any atom is -0.462 e. The van der Waals surface area contributed by atoms with Gasteiger partial charge < -0.3 is 25.2 Å². The van der Waals surface area contributed by atoms with Crippen molar-refractivity contribution in [3.63, 3.8) is 0 Å². The summed E-state index contributed by atoms with van der Waals surface area (Å²) in [5, 5.41) is 9.86. The van der Waals surface area contributed by atoms with Gasteiger partial charge in [-0.15, -0.1) is 0 Å². The van der Waals surface area contributed by atoms with E-state index in [2.05, 4.69) is 44.2 Å². The van der Waals surface area contributed by atoms with E-state index in [1.165, 1.54) is 25.7 Å². The molecule has 0 saturated carbocycles. The van der Waals surface area contributed by atoms with Crippen molar-refractivity contribution in [2.45, 2.75) is 161 Å². The van der Waals surface area contributed by atoms with Crippen molar-refractivity contribution < 1.29 is 42.7 Å². The lowest BCUT2D eigenvalue weighted by molar-refractivity contribution is -0.161. The first-order valence-electron chi connectivity index (χ1n) is 19.9. The number of aliphatic hydroxyl groups excluding tert-OH is 1. The molecule has 0 fully saturated rings. The number of phosphoric acid groups is 1. The van der Waals surface area contributed by atoms with Crippen molar-refractivity contribution in [1.82, 2.24) is 0 Å². The van der Waals surface area contributed by atoms with E-state index in [0.717, 1.165) is 77.0 Å². The summed E-state index contributed by atoms with van der Waals surface area (Å²) in [5.74, 6) is -0.905. The first-order chi connectivity index (χ1) is 25.2. The Morgan fingerprint density at radius 3 is 1.92 bits per heavy atom. The van der Waals surface area contributed by atoms with Gasteiger partial charge in [0.25, 0.3) is 0 Å². The third-order valence-electron chi connectivity index (χ3n) is 7.97. The first-order valence-corrected chi connectivity index (χ1v) is 21.4. The number of phosphoric ester groups is 1. The summed E-state index contributed by atoms with van der Waals surface area (Å²) in [7, 11) is -4.40. The summed E-state index contributed by atoms with van der Waals surface area (Å²) in [4.78, 5) is 34.8. The second-order valence-electron chi connectivity index (χ2n) is 13.0. The van der Waals surface area contributed by atoms with Crippen molar-refractivity contribution in [1.29, 1.82) is 0 Å². The minimum atomic E-state index is -4.40. The Labute approximate surface area is 315 Å². The number of carbonyl (C=O) groups is 2. The molecule has 0 aliphatic carbocycles. The lowest BCUT2D eigenvalue weighted by atomic mass is 10.1. The molecule has 0 aliphatic heterocycles. The minimum absolute atomic E-state index is 0.0363. The van der Waals surface area contributed by atoms with Gasteiger partial charge in [0.15, 0.2) is 6.10 Å². The molecule has 0 heterocycles. The zero-order chi connectivity index (χ0) is 38.4. The Kier molecular flexibility index (Phi) is 35.3. The Hall–Kier alpha value is -2.33. The fraction of sp³-hybridized carbons (Fsp3) is 0.707. The van der Waals surface area contributed by atoms with E-state index in [1.807, 2.05) is 24.3 Å². The normalized spacial score (nSPS) is 14.6. The predicted molar refractivity (Wildman–Crippen MR) is 212 cm³/mol.